The Balaban J connectivity index is 1.71. The van der Waals surface area contributed by atoms with Crippen molar-refractivity contribution in [2.75, 3.05) is 30.3 Å². The zero-order valence-electron chi connectivity index (χ0n) is 14.4. The molecule has 2 aromatic rings. The third kappa shape index (κ3) is 4.52. The molecule has 2 N–H and O–H groups in total. The third-order valence-electron chi connectivity index (χ3n) is 4.40. The van der Waals surface area contributed by atoms with Crippen molar-refractivity contribution in [2.24, 2.45) is 0 Å². The maximum absolute atomic E-state index is 12.6. The van der Waals surface area contributed by atoms with Gasteiger partial charge in [-0.05, 0) is 73.2 Å². The van der Waals surface area contributed by atoms with Crippen LogP contribution >= 0.6 is 0 Å². The normalized spacial score (nSPS) is 14.0. The molecule has 3 rings (SSSR count). The molecule has 1 aliphatic carbocycles. The van der Waals surface area contributed by atoms with E-state index in [0.717, 1.165) is 30.5 Å². The Bertz CT molecular complexity index is 817. The number of benzene rings is 2. The molecule has 0 fully saturated rings. The fourth-order valence-electron chi connectivity index (χ4n) is 3.04. The summed E-state index contributed by atoms with van der Waals surface area (Å²) in [6.07, 6.45) is 4.31. The lowest BCUT2D eigenvalue weighted by atomic mass is 9.92. The summed E-state index contributed by atoms with van der Waals surface area (Å²) in [7, 11) is -1.92. The first-order valence-corrected chi connectivity index (χ1v) is 10.0. The van der Waals surface area contributed by atoms with Crippen molar-refractivity contribution in [1.82, 2.24) is 0 Å². The summed E-state index contributed by atoms with van der Waals surface area (Å²) in [6.45, 7) is 1.32. The Kier molecular flexibility index (Phi) is 5.60. The van der Waals surface area contributed by atoms with E-state index in [-0.39, 0.29) is 0 Å². The number of methoxy groups -OCH3 is 1. The number of aryl methyl sites for hydroxylation is 2. The van der Waals surface area contributed by atoms with Gasteiger partial charge in [0, 0.05) is 25.0 Å². The summed E-state index contributed by atoms with van der Waals surface area (Å²) in [6, 6.07) is 12.7. The second-order valence-corrected chi connectivity index (χ2v) is 7.92. The summed E-state index contributed by atoms with van der Waals surface area (Å²) in [5.41, 5.74) is 3.91. The van der Waals surface area contributed by atoms with Gasteiger partial charge >= 0.3 is 0 Å². The molecule has 0 radical (unpaired) electrons. The molecular weight excluding hydrogens is 336 g/mol. The van der Waals surface area contributed by atoms with Crippen molar-refractivity contribution >= 4 is 21.4 Å². The van der Waals surface area contributed by atoms with Crippen LogP contribution in [-0.2, 0) is 27.6 Å². The number of sulfonamides is 1. The first kappa shape index (κ1) is 17.8. The zero-order valence-corrected chi connectivity index (χ0v) is 15.2. The molecule has 0 heterocycles. The molecule has 134 valence electrons. The fraction of sp³-hybridized carbons (Fsp3) is 0.368. The molecule has 0 saturated heterocycles. The predicted molar refractivity (Wildman–Crippen MR) is 101 cm³/mol. The van der Waals surface area contributed by atoms with Gasteiger partial charge in [0.25, 0.3) is 10.0 Å². The monoisotopic (exact) mass is 360 g/mol. The number of fused-ring (bicyclic) bond motifs is 1. The van der Waals surface area contributed by atoms with Crippen LogP contribution in [0.15, 0.2) is 47.4 Å². The van der Waals surface area contributed by atoms with Crippen LogP contribution in [0.5, 0.6) is 0 Å². The average Bonchev–Trinajstić information content (AvgIpc) is 2.63. The van der Waals surface area contributed by atoms with Crippen LogP contribution in [0.4, 0.5) is 11.4 Å². The highest BCUT2D eigenvalue weighted by molar-refractivity contribution is 7.92. The molecule has 0 spiro atoms. The van der Waals surface area contributed by atoms with Gasteiger partial charge in [0.15, 0.2) is 0 Å². The predicted octanol–water partition coefficient (Wildman–Crippen LogP) is 3.42. The smallest absolute Gasteiger partial charge is 0.261 e. The summed E-state index contributed by atoms with van der Waals surface area (Å²) in [5, 5.41) is 3.20. The van der Waals surface area contributed by atoms with Crippen molar-refractivity contribution in [3.8, 4) is 0 Å². The van der Waals surface area contributed by atoms with Crippen LogP contribution in [0.25, 0.3) is 0 Å². The van der Waals surface area contributed by atoms with Gasteiger partial charge in [0.1, 0.15) is 0 Å². The molecule has 0 aliphatic heterocycles. The lowest BCUT2D eigenvalue weighted by Crippen LogP contribution is -2.14. The summed E-state index contributed by atoms with van der Waals surface area (Å²) >= 11 is 0. The summed E-state index contributed by atoms with van der Waals surface area (Å²) < 4.78 is 32.9. The second kappa shape index (κ2) is 7.89. The van der Waals surface area contributed by atoms with Crippen LogP contribution in [0.2, 0.25) is 0 Å². The highest BCUT2D eigenvalue weighted by Gasteiger charge is 2.17. The lowest BCUT2D eigenvalue weighted by Gasteiger charge is -2.17. The molecular formula is C19H24N2O3S. The van der Waals surface area contributed by atoms with Gasteiger partial charge in [-0.25, -0.2) is 8.42 Å². The molecule has 0 amide bonds. The van der Waals surface area contributed by atoms with E-state index in [9.17, 15) is 8.42 Å². The van der Waals surface area contributed by atoms with E-state index >= 15 is 0 Å². The van der Waals surface area contributed by atoms with E-state index in [2.05, 4.69) is 10.0 Å². The molecule has 25 heavy (non-hydrogen) atoms. The van der Waals surface area contributed by atoms with E-state index in [1.165, 1.54) is 12.0 Å². The Morgan fingerprint density at radius 1 is 0.960 bits per heavy atom. The number of ether oxygens (including phenoxy) is 1. The fourth-order valence-corrected chi connectivity index (χ4v) is 4.15. The highest BCUT2D eigenvalue weighted by atomic mass is 32.2. The Morgan fingerprint density at radius 2 is 1.64 bits per heavy atom. The number of hydrogen-bond acceptors (Lipinski definition) is 4. The van der Waals surface area contributed by atoms with Gasteiger partial charge in [-0.1, -0.05) is 6.07 Å². The van der Waals surface area contributed by atoms with Crippen LogP contribution in [0, 0.1) is 0 Å². The molecule has 0 bridgehead atoms. The quantitative estimate of drug-likeness (QED) is 0.743. The summed E-state index contributed by atoms with van der Waals surface area (Å²) in [5.74, 6) is 0. The minimum Gasteiger partial charge on any atom is -0.383 e. The molecule has 0 atom stereocenters. The highest BCUT2D eigenvalue weighted by Crippen LogP contribution is 2.25. The SMILES string of the molecule is COCCNc1ccc(NS(=O)(=O)c2ccc3c(c2)CCCC3)cc1. The molecule has 6 heteroatoms. The minimum absolute atomic E-state index is 0.329. The van der Waals surface area contributed by atoms with E-state index in [1.807, 2.05) is 24.3 Å². The Morgan fingerprint density at radius 3 is 2.36 bits per heavy atom. The zero-order chi connectivity index (χ0) is 17.7. The topological polar surface area (TPSA) is 67.4 Å². The minimum atomic E-state index is -3.57. The van der Waals surface area contributed by atoms with Gasteiger partial charge in [0.2, 0.25) is 0 Å². The number of nitrogens with one attached hydrogen (secondary N) is 2. The van der Waals surface area contributed by atoms with Crippen LogP contribution in [0.1, 0.15) is 24.0 Å². The maximum atomic E-state index is 12.6. The molecule has 1 aliphatic rings. The van der Waals surface area contributed by atoms with Gasteiger partial charge in [0.05, 0.1) is 11.5 Å². The first-order chi connectivity index (χ1) is 12.1. The average molecular weight is 360 g/mol. The molecule has 0 unspecified atom stereocenters. The number of hydrogen-bond donors (Lipinski definition) is 2. The van der Waals surface area contributed by atoms with E-state index < -0.39 is 10.0 Å². The van der Waals surface area contributed by atoms with Crippen molar-refractivity contribution in [3.05, 3.63) is 53.6 Å². The largest absolute Gasteiger partial charge is 0.383 e. The van der Waals surface area contributed by atoms with Crippen molar-refractivity contribution < 1.29 is 13.2 Å². The molecule has 5 nitrogen and oxygen atoms in total. The van der Waals surface area contributed by atoms with Gasteiger partial charge in [-0.2, -0.15) is 0 Å². The van der Waals surface area contributed by atoms with Gasteiger partial charge in [-0.3, -0.25) is 4.72 Å². The number of anilines is 2. The van der Waals surface area contributed by atoms with Crippen LogP contribution in [0.3, 0.4) is 0 Å². The number of rotatable bonds is 7. The standard InChI is InChI=1S/C19H24N2O3S/c1-24-13-12-20-17-7-9-18(10-8-17)21-25(22,23)19-11-6-15-4-2-3-5-16(15)14-19/h6-11,14,20-21H,2-5,12-13H2,1H3. The molecule has 0 saturated carbocycles. The Hall–Kier alpha value is -2.05. The first-order valence-electron chi connectivity index (χ1n) is 8.56. The molecule has 0 aromatic heterocycles. The van der Waals surface area contributed by atoms with Crippen molar-refractivity contribution in [2.45, 2.75) is 30.6 Å². The van der Waals surface area contributed by atoms with E-state index in [0.29, 0.717) is 23.7 Å². The Labute approximate surface area is 149 Å². The van der Waals surface area contributed by atoms with Gasteiger partial charge in [-0.15, -0.1) is 0 Å². The van der Waals surface area contributed by atoms with Gasteiger partial charge < -0.3 is 10.1 Å². The van der Waals surface area contributed by atoms with Crippen molar-refractivity contribution in [1.29, 1.82) is 0 Å². The summed E-state index contributed by atoms with van der Waals surface area (Å²) in [4.78, 5) is 0.329. The van der Waals surface area contributed by atoms with Crippen LogP contribution in [-0.4, -0.2) is 28.7 Å². The van der Waals surface area contributed by atoms with E-state index in [1.54, 1.807) is 25.3 Å². The van der Waals surface area contributed by atoms with Crippen LogP contribution < -0.4 is 10.0 Å². The third-order valence-corrected chi connectivity index (χ3v) is 5.78. The second-order valence-electron chi connectivity index (χ2n) is 6.24. The van der Waals surface area contributed by atoms with Crippen molar-refractivity contribution in [3.63, 3.8) is 0 Å². The maximum Gasteiger partial charge on any atom is 0.261 e. The molecule has 2 aromatic carbocycles. The lowest BCUT2D eigenvalue weighted by molar-refractivity contribution is 0.211. The van der Waals surface area contributed by atoms with E-state index in [4.69, 9.17) is 4.74 Å².